The van der Waals surface area contributed by atoms with Crippen molar-refractivity contribution in [2.75, 3.05) is 13.2 Å². The van der Waals surface area contributed by atoms with Crippen LogP contribution in [0.5, 0.6) is 0 Å². The van der Waals surface area contributed by atoms with Gasteiger partial charge in [-0.25, -0.2) is 0 Å². The largest absolute Gasteiger partial charge is 0.462 e. The summed E-state index contributed by atoms with van der Waals surface area (Å²) in [6.07, 6.45) is 59.6. The Bertz CT molecular complexity index is 1070. The first kappa shape index (κ1) is 58.4. The minimum absolute atomic E-state index is 0.0932. The zero-order chi connectivity index (χ0) is 44.4. The molecule has 354 valence electrons. The number of unbranched alkanes of at least 4 members (excludes halogenated alkanes) is 28. The quantitative estimate of drug-likeness (QED) is 0.0263. The van der Waals surface area contributed by atoms with E-state index >= 15 is 0 Å². The van der Waals surface area contributed by atoms with E-state index in [9.17, 15) is 14.4 Å². The molecule has 0 radical (unpaired) electrons. The van der Waals surface area contributed by atoms with Gasteiger partial charge in [-0.3, -0.25) is 14.4 Å². The Balaban J connectivity index is 4.43. The van der Waals surface area contributed by atoms with Crippen LogP contribution in [0.3, 0.4) is 0 Å². The van der Waals surface area contributed by atoms with Gasteiger partial charge in [0.1, 0.15) is 13.2 Å². The second kappa shape index (κ2) is 50.0. The van der Waals surface area contributed by atoms with Crippen molar-refractivity contribution in [1.82, 2.24) is 0 Å². The molecule has 0 spiro atoms. The van der Waals surface area contributed by atoms with E-state index in [0.29, 0.717) is 19.3 Å². The monoisotopic (exact) mass is 855 g/mol. The van der Waals surface area contributed by atoms with Gasteiger partial charge >= 0.3 is 17.9 Å². The summed E-state index contributed by atoms with van der Waals surface area (Å²) >= 11 is 0. The molecule has 0 aromatic rings. The van der Waals surface area contributed by atoms with Gasteiger partial charge in [0.2, 0.25) is 0 Å². The van der Waals surface area contributed by atoms with Crippen LogP contribution < -0.4 is 0 Å². The van der Waals surface area contributed by atoms with Crippen LogP contribution in [0.15, 0.2) is 48.6 Å². The first-order valence-electron chi connectivity index (χ1n) is 26.1. The Morgan fingerprint density at radius 2 is 0.623 bits per heavy atom. The van der Waals surface area contributed by atoms with E-state index in [1.807, 2.05) is 6.08 Å². The Morgan fingerprint density at radius 1 is 0.328 bits per heavy atom. The average Bonchev–Trinajstić information content (AvgIpc) is 3.26. The molecule has 6 nitrogen and oxygen atoms in total. The molecule has 0 saturated carbocycles. The van der Waals surface area contributed by atoms with Crippen LogP contribution in [0.25, 0.3) is 0 Å². The summed E-state index contributed by atoms with van der Waals surface area (Å²) in [7, 11) is 0. The summed E-state index contributed by atoms with van der Waals surface area (Å²) < 4.78 is 16.7. The van der Waals surface area contributed by atoms with E-state index < -0.39 is 6.10 Å². The van der Waals surface area contributed by atoms with E-state index in [1.54, 1.807) is 0 Å². The maximum Gasteiger partial charge on any atom is 0.306 e. The molecule has 0 aliphatic carbocycles. The first-order valence-corrected chi connectivity index (χ1v) is 26.1. The highest BCUT2D eigenvalue weighted by Gasteiger charge is 2.19. The summed E-state index contributed by atoms with van der Waals surface area (Å²) in [5.41, 5.74) is 0. The molecular formula is C55H98O6. The number of carbonyl (C=O) groups is 3. The Labute approximate surface area is 378 Å². The second-order valence-electron chi connectivity index (χ2n) is 17.4. The van der Waals surface area contributed by atoms with Gasteiger partial charge in [0.25, 0.3) is 0 Å². The molecule has 1 unspecified atom stereocenters. The molecule has 0 aromatic carbocycles. The molecule has 0 aliphatic rings. The average molecular weight is 855 g/mol. The molecule has 0 heterocycles. The van der Waals surface area contributed by atoms with Crippen LogP contribution in [-0.2, 0) is 28.6 Å². The highest BCUT2D eigenvalue weighted by atomic mass is 16.6. The highest BCUT2D eigenvalue weighted by molar-refractivity contribution is 5.71. The van der Waals surface area contributed by atoms with Crippen LogP contribution in [-0.4, -0.2) is 37.2 Å². The molecule has 1 atom stereocenters. The van der Waals surface area contributed by atoms with Gasteiger partial charge in [-0.15, -0.1) is 0 Å². The Hall–Kier alpha value is -2.63. The van der Waals surface area contributed by atoms with Crippen LogP contribution in [0.2, 0.25) is 0 Å². The van der Waals surface area contributed by atoms with E-state index in [2.05, 4.69) is 63.3 Å². The van der Waals surface area contributed by atoms with E-state index in [1.165, 1.54) is 167 Å². The fraction of sp³-hybridized carbons (Fsp3) is 0.800. The van der Waals surface area contributed by atoms with Gasteiger partial charge < -0.3 is 14.2 Å². The SMILES string of the molecule is CCCCCC/C=C/CCCCCCCCCC(=O)OCC(COC(=O)CC/C=C/C/C=C/CCCCCCCC)OC(=O)CCCCCCCCC/C=C/CCCCCC. The summed E-state index contributed by atoms with van der Waals surface area (Å²) in [6, 6.07) is 0. The van der Waals surface area contributed by atoms with Crippen LogP contribution >= 0.6 is 0 Å². The predicted octanol–water partition coefficient (Wildman–Crippen LogP) is 17.1. The first-order chi connectivity index (χ1) is 30.0. The van der Waals surface area contributed by atoms with Gasteiger partial charge in [0.05, 0.1) is 0 Å². The maximum atomic E-state index is 12.8. The third-order valence-corrected chi connectivity index (χ3v) is 11.3. The van der Waals surface area contributed by atoms with Crippen molar-refractivity contribution in [3.05, 3.63) is 48.6 Å². The lowest BCUT2D eigenvalue weighted by molar-refractivity contribution is -0.166. The van der Waals surface area contributed by atoms with Gasteiger partial charge in [0.15, 0.2) is 6.10 Å². The predicted molar refractivity (Wildman–Crippen MR) is 261 cm³/mol. The van der Waals surface area contributed by atoms with Crippen LogP contribution in [0.4, 0.5) is 0 Å². The standard InChI is InChI=1S/C55H98O6/c1-4-7-10-13-16-19-22-25-27-30-33-36-39-42-45-48-54(57)60-51-52(50-59-53(56)47-44-41-38-35-32-29-24-21-18-15-12-9-6-3)61-55(58)49-46-43-40-37-34-31-28-26-23-20-17-14-11-8-5-2/h19-20,22-23,29,32,38,41,52H,4-18,21,24-28,30-31,33-37,39-40,42-51H2,1-3H3/b22-19+,23-20+,32-29+,41-38+. The molecule has 0 fully saturated rings. The smallest absolute Gasteiger partial charge is 0.306 e. The molecule has 0 saturated heterocycles. The van der Waals surface area contributed by atoms with E-state index in [-0.39, 0.29) is 37.5 Å². The summed E-state index contributed by atoms with van der Waals surface area (Å²) in [4.78, 5) is 37.9. The fourth-order valence-electron chi connectivity index (χ4n) is 7.31. The van der Waals surface area contributed by atoms with E-state index in [4.69, 9.17) is 14.2 Å². The van der Waals surface area contributed by atoms with Crippen LogP contribution in [0.1, 0.15) is 265 Å². The fourth-order valence-corrected chi connectivity index (χ4v) is 7.31. The zero-order valence-corrected chi connectivity index (χ0v) is 40.4. The molecule has 0 amide bonds. The lowest BCUT2D eigenvalue weighted by atomic mass is 10.1. The van der Waals surface area contributed by atoms with Crippen molar-refractivity contribution < 1.29 is 28.6 Å². The third kappa shape index (κ3) is 48.3. The second-order valence-corrected chi connectivity index (χ2v) is 17.4. The van der Waals surface area contributed by atoms with Crippen molar-refractivity contribution in [2.45, 2.75) is 271 Å². The molecule has 0 N–H and O–H groups in total. The molecule has 61 heavy (non-hydrogen) atoms. The molecule has 0 aromatic heterocycles. The van der Waals surface area contributed by atoms with Crippen molar-refractivity contribution in [3.8, 4) is 0 Å². The number of esters is 3. The molecule has 6 heteroatoms. The summed E-state index contributed by atoms with van der Waals surface area (Å²) in [5, 5.41) is 0. The zero-order valence-electron chi connectivity index (χ0n) is 40.4. The van der Waals surface area contributed by atoms with E-state index in [0.717, 1.165) is 51.4 Å². The molecule has 0 aliphatic heterocycles. The summed E-state index contributed by atoms with van der Waals surface area (Å²) in [5.74, 6) is -0.966. The molecule has 0 rings (SSSR count). The highest BCUT2D eigenvalue weighted by Crippen LogP contribution is 2.14. The van der Waals surface area contributed by atoms with Crippen molar-refractivity contribution in [1.29, 1.82) is 0 Å². The number of allylic oxidation sites excluding steroid dienone is 8. The normalized spacial score (nSPS) is 12.4. The van der Waals surface area contributed by atoms with Crippen molar-refractivity contribution >= 4 is 17.9 Å². The van der Waals surface area contributed by atoms with Gasteiger partial charge in [0, 0.05) is 19.3 Å². The van der Waals surface area contributed by atoms with Gasteiger partial charge in [-0.1, -0.05) is 204 Å². The minimum atomic E-state index is -0.797. The van der Waals surface area contributed by atoms with Gasteiger partial charge in [-0.05, 0) is 89.9 Å². The number of ether oxygens (including phenoxy) is 3. The van der Waals surface area contributed by atoms with Crippen molar-refractivity contribution in [3.63, 3.8) is 0 Å². The minimum Gasteiger partial charge on any atom is -0.462 e. The Morgan fingerprint density at radius 3 is 1.03 bits per heavy atom. The number of rotatable bonds is 47. The van der Waals surface area contributed by atoms with Crippen LogP contribution in [0, 0.1) is 0 Å². The molecule has 0 bridgehead atoms. The Kier molecular flexibility index (Phi) is 47.9. The number of hydrogen-bond donors (Lipinski definition) is 0. The molecular weight excluding hydrogens is 757 g/mol. The third-order valence-electron chi connectivity index (χ3n) is 11.3. The number of hydrogen-bond acceptors (Lipinski definition) is 6. The summed E-state index contributed by atoms with van der Waals surface area (Å²) in [6.45, 7) is 6.56. The lowest BCUT2D eigenvalue weighted by Crippen LogP contribution is -2.30. The maximum absolute atomic E-state index is 12.8. The number of carbonyl (C=O) groups excluding carboxylic acids is 3. The van der Waals surface area contributed by atoms with Gasteiger partial charge in [-0.2, -0.15) is 0 Å². The lowest BCUT2D eigenvalue weighted by Gasteiger charge is -2.18. The van der Waals surface area contributed by atoms with Crippen molar-refractivity contribution in [2.24, 2.45) is 0 Å². The topological polar surface area (TPSA) is 78.9 Å².